The SMILES string of the molecule is CC(C)C[C@H](NC(=O)[C@H](CC(=O)O)NC(=O)CNC(=O)[C@H](Cc1cnc[nH]1)NC(=O)[C@H](CS)NC(=O)[C@H](CS)NC(=O)[C@@H](N)CCC(=O)O)C(=O)N[C@@H](CC(C)C)C(=O)N[C@@H](CCC(=O)O)C(=O)N[C@@H](CS)C(=O)N[C@@H](C)C(=O)N[C@@H](CC(=O)O)C(=O)N[C@@H](CC(=O)O)C(=O)N[C@@H](CCCN=C(N)N)C(=O)O. The quantitative estimate of drug-likeness (QED) is 0.0125. The van der Waals surface area contributed by atoms with Crippen LogP contribution >= 0.6 is 37.9 Å². The zero-order valence-corrected chi connectivity index (χ0v) is 61.4. The third-order valence-electron chi connectivity index (χ3n) is 14.8. The molecule has 13 atom stereocenters. The van der Waals surface area contributed by atoms with Crippen LogP contribution in [0, 0.1) is 11.8 Å². The number of rotatable bonds is 52. The number of H-pyrrole nitrogens is 1. The molecule has 26 N–H and O–H groups in total. The van der Waals surface area contributed by atoms with Crippen LogP contribution in [-0.4, -0.2) is 268 Å². The number of aromatic amines is 1. The van der Waals surface area contributed by atoms with E-state index in [4.69, 9.17) is 22.3 Å². The number of carbonyl (C=O) groups excluding carboxylic acids is 13. The lowest BCUT2D eigenvalue weighted by molar-refractivity contribution is -0.145. The fraction of sp³-hybridized carbons (Fsp3) is 0.617. The highest BCUT2D eigenvalue weighted by atomic mass is 32.1. The Balaban J connectivity index is 3.37. The second-order valence-corrected chi connectivity index (χ2v) is 25.9. The number of nitrogens with two attached hydrogens (primary N) is 3. The second-order valence-electron chi connectivity index (χ2n) is 24.8. The van der Waals surface area contributed by atoms with Crippen molar-refractivity contribution in [3.05, 3.63) is 18.2 Å². The number of hydrogen-bond acceptors (Lipinski definition) is 25. The Bertz CT molecular complexity index is 3350. The van der Waals surface area contributed by atoms with Crippen LogP contribution in [0.4, 0.5) is 0 Å². The summed E-state index contributed by atoms with van der Waals surface area (Å²) in [7, 11) is 0. The predicted octanol–water partition coefficient (Wildman–Crippen LogP) is -8.59. The van der Waals surface area contributed by atoms with Crippen molar-refractivity contribution in [2.24, 2.45) is 34.0 Å². The van der Waals surface area contributed by atoms with Crippen LogP contribution < -0.4 is 86.3 Å². The number of nitrogens with one attached hydrogen (secondary N) is 14. The van der Waals surface area contributed by atoms with Crippen molar-refractivity contribution in [1.29, 1.82) is 0 Å². The normalized spacial score (nSPS) is 14.6. The first kappa shape index (κ1) is 94.4. The number of aliphatic imine (C=N–C) groups is 1. The van der Waals surface area contributed by atoms with Crippen molar-refractivity contribution in [3.8, 4) is 0 Å². The van der Waals surface area contributed by atoms with Gasteiger partial charge in [0, 0.05) is 55.0 Å². The average molecular weight is 1580 g/mol. The molecule has 0 radical (unpaired) electrons. The van der Waals surface area contributed by atoms with E-state index in [0.29, 0.717) is 0 Å². The zero-order chi connectivity index (χ0) is 81.5. The van der Waals surface area contributed by atoms with Crippen LogP contribution in [0.25, 0.3) is 0 Å². The van der Waals surface area contributed by atoms with Crippen molar-refractivity contribution in [1.82, 2.24) is 79.1 Å². The van der Waals surface area contributed by atoms with Gasteiger partial charge in [-0.2, -0.15) is 37.9 Å². The lowest BCUT2D eigenvalue weighted by Crippen LogP contribution is -2.61. The van der Waals surface area contributed by atoms with Crippen molar-refractivity contribution in [2.75, 3.05) is 30.3 Å². The van der Waals surface area contributed by atoms with Gasteiger partial charge in [-0.15, -0.1) is 0 Å². The molecule has 1 heterocycles. The number of carboxylic acids is 6. The number of hydrogen-bond donors (Lipinski definition) is 26. The highest BCUT2D eigenvalue weighted by Gasteiger charge is 2.38. The summed E-state index contributed by atoms with van der Waals surface area (Å²) in [5.41, 5.74) is 16.5. The first-order valence-electron chi connectivity index (χ1n) is 32.9. The average Bonchev–Trinajstić information content (AvgIpc) is 0.982. The molecule has 44 nitrogen and oxygen atoms in total. The molecule has 0 aliphatic heterocycles. The monoisotopic (exact) mass is 1580 g/mol. The molecule has 0 aliphatic rings. The molecule has 0 aliphatic carbocycles. The molecule has 0 saturated heterocycles. The maximum atomic E-state index is 14.2. The molecule has 0 saturated carbocycles. The van der Waals surface area contributed by atoms with Crippen molar-refractivity contribution >= 4 is 156 Å². The van der Waals surface area contributed by atoms with E-state index in [-0.39, 0.29) is 68.2 Å². The summed E-state index contributed by atoms with van der Waals surface area (Å²) >= 11 is 12.3. The molecule has 107 heavy (non-hydrogen) atoms. The molecule has 1 rings (SSSR count). The second kappa shape index (κ2) is 48.5. The van der Waals surface area contributed by atoms with Gasteiger partial charge in [0.1, 0.15) is 72.5 Å². The van der Waals surface area contributed by atoms with E-state index in [0.717, 1.165) is 6.92 Å². The summed E-state index contributed by atoms with van der Waals surface area (Å²) in [6, 6.07) is -22.0. The Hall–Kier alpha value is -10.6. The topological polar surface area (TPSA) is 721 Å². The molecule has 0 fully saturated rings. The minimum atomic E-state index is -2.09. The van der Waals surface area contributed by atoms with Crippen molar-refractivity contribution < 1.29 is 122 Å². The summed E-state index contributed by atoms with van der Waals surface area (Å²) in [4.78, 5) is 257. The van der Waals surface area contributed by atoms with Crippen LogP contribution in [0.1, 0.15) is 111 Å². The van der Waals surface area contributed by atoms with Crippen LogP contribution in [0.3, 0.4) is 0 Å². The van der Waals surface area contributed by atoms with Gasteiger partial charge in [-0.05, 0) is 57.3 Å². The van der Waals surface area contributed by atoms with E-state index in [9.17, 15) is 117 Å². The Labute approximate surface area is 627 Å². The Morgan fingerprint density at radius 3 is 1.21 bits per heavy atom. The van der Waals surface area contributed by atoms with E-state index >= 15 is 0 Å². The number of thiol groups is 3. The van der Waals surface area contributed by atoms with Gasteiger partial charge in [0.2, 0.25) is 76.8 Å². The summed E-state index contributed by atoms with van der Waals surface area (Å²) in [6.07, 6.45) is -4.11. The summed E-state index contributed by atoms with van der Waals surface area (Å²) in [6.45, 7) is 6.47. The fourth-order valence-corrected chi connectivity index (χ4v) is 10.1. The lowest BCUT2D eigenvalue weighted by Gasteiger charge is -2.28. The van der Waals surface area contributed by atoms with Gasteiger partial charge >= 0.3 is 35.8 Å². The summed E-state index contributed by atoms with van der Waals surface area (Å²) < 4.78 is 0. The van der Waals surface area contributed by atoms with Gasteiger partial charge in [-0.1, -0.05) is 27.7 Å². The molecule has 0 spiro atoms. The van der Waals surface area contributed by atoms with Crippen molar-refractivity contribution in [2.45, 2.75) is 190 Å². The maximum absolute atomic E-state index is 14.2. The van der Waals surface area contributed by atoms with E-state index in [2.05, 4.69) is 111 Å². The van der Waals surface area contributed by atoms with E-state index < -0.39 is 254 Å². The predicted molar refractivity (Wildman–Crippen MR) is 381 cm³/mol. The minimum absolute atomic E-state index is 0.0102. The van der Waals surface area contributed by atoms with E-state index in [1.807, 2.05) is 10.6 Å². The molecule has 47 heteroatoms. The van der Waals surface area contributed by atoms with Crippen LogP contribution in [-0.2, 0) is 97.5 Å². The zero-order valence-electron chi connectivity index (χ0n) is 58.7. The van der Waals surface area contributed by atoms with Crippen LogP contribution in [0.15, 0.2) is 17.5 Å². The standard InChI is InChI=1S/C60H95N19O25S3/c1-25(2)13-32(51(95)70-30(9-11-43(83)84)50(94)78-38(21-105)56(100)68-27(5)47(91)72-36(17-45(87)88)55(99)76-37(18-46(89)90)54(98)71-31(59(103)104)7-6-12-65-60(62)63)73-52(96)33(14-26(3)4)74-53(97)35(16-44(85)86)69-41(80)20-66-49(93)34(15-28-19-64-24-67-28)75-57(101)40(23-107)79-58(102)39(22-106)77-48(92)29(61)8-10-42(81)82/h19,24-27,29-40,105-107H,6-18,20-23,61H2,1-5H3,(H,64,67)(H,66,93)(H,68,100)(H,69,80)(H,70,95)(H,71,98)(H,72,91)(H,73,96)(H,74,97)(H,75,101)(H,76,99)(H,77,92)(H,78,94)(H,79,102)(H,81,82)(H,83,84)(H,85,86)(H,87,88)(H,89,90)(H,103,104)(H4,62,63,65)/t27-,29-,30-,31-,32-,33-,34-,35-,36-,37-,38-,39-,40-/m0/s1. The fourth-order valence-electron chi connectivity index (χ4n) is 9.34. The molecule has 1 aromatic rings. The summed E-state index contributed by atoms with van der Waals surface area (Å²) in [5.74, 6) is -26.7. The van der Waals surface area contributed by atoms with Crippen LogP contribution in [0.2, 0.25) is 0 Å². The number of aliphatic carboxylic acids is 6. The van der Waals surface area contributed by atoms with E-state index in [1.165, 1.54) is 12.5 Å². The largest absolute Gasteiger partial charge is 0.481 e. The Kier molecular flexibility index (Phi) is 42.8. The Morgan fingerprint density at radius 2 is 0.794 bits per heavy atom. The third kappa shape index (κ3) is 37.8. The molecule has 0 unspecified atom stereocenters. The summed E-state index contributed by atoms with van der Waals surface area (Å²) in [5, 5.41) is 86.3. The van der Waals surface area contributed by atoms with Crippen LogP contribution in [0.5, 0.6) is 0 Å². The first-order valence-corrected chi connectivity index (χ1v) is 34.8. The smallest absolute Gasteiger partial charge is 0.326 e. The molecular weight excluding hydrogens is 1480 g/mol. The van der Waals surface area contributed by atoms with Gasteiger partial charge in [0.25, 0.3) is 0 Å². The molecule has 0 bridgehead atoms. The van der Waals surface area contributed by atoms with Gasteiger partial charge in [-0.25, -0.2) is 9.78 Å². The molecule has 0 aromatic carbocycles. The number of carbonyl (C=O) groups is 19. The highest BCUT2D eigenvalue weighted by molar-refractivity contribution is 7.80. The van der Waals surface area contributed by atoms with Gasteiger partial charge in [0.05, 0.1) is 38.2 Å². The number of guanidine groups is 1. The Morgan fingerprint density at radius 1 is 0.430 bits per heavy atom. The number of amides is 13. The minimum Gasteiger partial charge on any atom is -0.481 e. The molecule has 1 aromatic heterocycles. The maximum Gasteiger partial charge on any atom is 0.326 e. The van der Waals surface area contributed by atoms with E-state index in [1.54, 1.807) is 27.7 Å². The number of nitrogens with zero attached hydrogens (tertiary/aromatic N) is 2. The van der Waals surface area contributed by atoms with Gasteiger partial charge < -0.3 is 122 Å². The molecule has 13 amide bonds. The molecule has 598 valence electrons. The third-order valence-corrected chi connectivity index (χ3v) is 15.9. The first-order chi connectivity index (χ1) is 50.0. The lowest BCUT2D eigenvalue weighted by atomic mass is 9.99. The van der Waals surface area contributed by atoms with Gasteiger partial charge in [-0.3, -0.25) is 91.3 Å². The number of carboxylic acid groups (broad SMARTS) is 6. The van der Waals surface area contributed by atoms with Gasteiger partial charge in [0.15, 0.2) is 5.96 Å². The van der Waals surface area contributed by atoms with Crippen molar-refractivity contribution in [3.63, 3.8) is 0 Å². The molecular formula is C60H95N19O25S3. The number of imidazole rings is 1. The highest BCUT2D eigenvalue weighted by Crippen LogP contribution is 2.13. The number of aromatic nitrogens is 2.